The summed E-state index contributed by atoms with van der Waals surface area (Å²) in [7, 11) is 0. The van der Waals surface area contributed by atoms with E-state index in [0.717, 1.165) is 5.69 Å². The van der Waals surface area contributed by atoms with Crippen molar-refractivity contribution in [1.82, 2.24) is 14.7 Å². The molecule has 5 nitrogen and oxygen atoms in total. The summed E-state index contributed by atoms with van der Waals surface area (Å²) in [6.45, 7) is 3.16. The number of para-hydroxylation sites is 1. The summed E-state index contributed by atoms with van der Waals surface area (Å²) in [5, 5.41) is 14.0. The van der Waals surface area contributed by atoms with Crippen molar-refractivity contribution in [2.75, 3.05) is 13.1 Å². The Morgan fingerprint density at radius 3 is 2.81 bits per heavy atom. The Kier molecular flexibility index (Phi) is 3.75. The van der Waals surface area contributed by atoms with E-state index in [4.69, 9.17) is 0 Å². The molecule has 0 spiro atoms. The average molecular weight is 285 g/mol. The predicted octanol–water partition coefficient (Wildman–Crippen LogP) is 1.72. The SMILES string of the molecule is CC1CN(C(=O)c2cnn(-c3ccccc3)c2)CCC1O. The highest BCUT2D eigenvalue weighted by molar-refractivity contribution is 5.93. The first-order chi connectivity index (χ1) is 10.1. The summed E-state index contributed by atoms with van der Waals surface area (Å²) < 4.78 is 1.70. The summed E-state index contributed by atoms with van der Waals surface area (Å²) in [5.74, 6) is 0.0998. The van der Waals surface area contributed by atoms with Crippen LogP contribution in [0.4, 0.5) is 0 Å². The molecule has 2 atom stereocenters. The molecule has 110 valence electrons. The molecule has 1 aliphatic heterocycles. The minimum absolute atomic E-state index is 0.0177. The third-order valence-electron chi connectivity index (χ3n) is 4.00. The van der Waals surface area contributed by atoms with Gasteiger partial charge in [-0.2, -0.15) is 5.10 Å². The second kappa shape index (κ2) is 5.69. The lowest BCUT2D eigenvalue weighted by atomic mass is 9.96. The van der Waals surface area contributed by atoms with Gasteiger partial charge in [0.25, 0.3) is 5.91 Å². The van der Waals surface area contributed by atoms with E-state index in [1.165, 1.54) is 0 Å². The quantitative estimate of drug-likeness (QED) is 0.914. The molecule has 3 rings (SSSR count). The second-order valence-electron chi connectivity index (χ2n) is 5.59. The molecule has 0 radical (unpaired) electrons. The number of aliphatic hydroxyl groups excluding tert-OH is 1. The van der Waals surface area contributed by atoms with Crippen LogP contribution in [-0.2, 0) is 0 Å². The van der Waals surface area contributed by atoms with Gasteiger partial charge in [0.1, 0.15) is 0 Å². The molecule has 1 aromatic carbocycles. The number of hydrogen-bond donors (Lipinski definition) is 1. The molecule has 1 fully saturated rings. The van der Waals surface area contributed by atoms with Crippen molar-refractivity contribution in [2.24, 2.45) is 5.92 Å². The van der Waals surface area contributed by atoms with Crippen LogP contribution in [0, 0.1) is 5.92 Å². The highest BCUT2D eigenvalue weighted by Gasteiger charge is 2.28. The van der Waals surface area contributed by atoms with Crippen LogP contribution in [0.25, 0.3) is 5.69 Å². The Bertz CT molecular complexity index is 623. The van der Waals surface area contributed by atoms with E-state index in [2.05, 4.69) is 5.10 Å². The van der Waals surface area contributed by atoms with Crippen molar-refractivity contribution < 1.29 is 9.90 Å². The van der Waals surface area contributed by atoms with Crippen molar-refractivity contribution in [3.05, 3.63) is 48.3 Å². The van der Waals surface area contributed by atoms with Crippen molar-refractivity contribution >= 4 is 5.91 Å². The van der Waals surface area contributed by atoms with E-state index in [-0.39, 0.29) is 17.9 Å². The molecule has 0 aliphatic carbocycles. The molecule has 1 amide bonds. The van der Waals surface area contributed by atoms with Gasteiger partial charge in [-0.1, -0.05) is 25.1 Å². The van der Waals surface area contributed by atoms with Crippen LogP contribution < -0.4 is 0 Å². The summed E-state index contributed by atoms with van der Waals surface area (Å²) >= 11 is 0. The van der Waals surface area contributed by atoms with E-state index in [9.17, 15) is 9.90 Å². The van der Waals surface area contributed by atoms with E-state index in [1.807, 2.05) is 37.3 Å². The first-order valence-corrected chi connectivity index (χ1v) is 7.22. The molecule has 2 aromatic rings. The minimum Gasteiger partial charge on any atom is -0.393 e. The fraction of sp³-hybridized carbons (Fsp3) is 0.375. The number of carbonyl (C=O) groups is 1. The number of benzene rings is 1. The van der Waals surface area contributed by atoms with E-state index in [1.54, 1.807) is 22.0 Å². The number of piperidine rings is 1. The Labute approximate surface area is 123 Å². The topological polar surface area (TPSA) is 58.4 Å². The van der Waals surface area contributed by atoms with Gasteiger partial charge in [0.2, 0.25) is 0 Å². The Morgan fingerprint density at radius 1 is 1.33 bits per heavy atom. The smallest absolute Gasteiger partial charge is 0.257 e. The lowest BCUT2D eigenvalue weighted by Crippen LogP contribution is -2.44. The fourth-order valence-electron chi connectivity index (χ4n) is 2.66. The standard InChI is InChI=1S/C16H19N3O2/c1-12-10-18(8-7-15(12)20)16(21)13-9-17-19(11-13)14-5-3-2-4-6-14/h2-6,9,11-12,15,20H,7-8,10H2,1H3. The number of aromatic nitrogens is 2. The number of carbonyl (C=O) groups excluding carboxylic acids is 1. The molecule has 1 saturated heterocycles. The van der Waals surface area contributed by atoms with Crippen LogP contribution in [0.5, 0.6) is 0 Å². The second-order valence-corrected chi connectivity index (χ2v) is 5.59. The number of amides is 1. The number of nitrogens with zero attached hydrogens (tertiary/aromatic N) is 3. The van der Waals surface area contributed by atoms with Gasteiger partial charge in [0.05, 0.1) is 23.6 Å². The molecule has 1 aliphatic rings. The van der Waals surface area contributed by atoms with Crippen LogP contribution in [-0.4, -0.2) is 44.9 Å². The molecule has 5 heteroatoms. The number of rotatable bonds is 2. The minimum atomic E-state index is -0.305. The van der Waals surface area contributed by atoms with Gasteiger partial charge < -0.3 is 10.0 Å². The van der Waals surface area contributed by atoms with Gasteiger partial charge >= 0.3 is 0 Å². The van der Waals surface area contributed by atoms with Gasteiger partial charge in [-0.3, -0.25) is 4.79 Å². The van der Waals surface area contributed by atoms with Crippen LogP contribution in [0.2, 0.25) is 0 Å². The van der Waals surface area contributed by atoms with Gasteiger partial charge in [-0.05, 0) is 24.5 Å². The van der Waals surface area contributed by atoms with Crippen molar-refractivity contribution in [2.45, 2.75) is 19.4 Å². The maximum atomic E-state index is 12.5. The fourth-order valence-corrected chi connectivity index (χ4v) is 2.66. The Balaban J connectivity index is 1.76. The Morgan fingerprint density at radius 2 is 2.10 bits per heavy atom. The molecule has 1 aromatic heterocycles. The zero-order valence-corrected chi connectivity index (χ0v) is 12.0. The van der Waals surface area contributed by atoms with Crippen LogP contribution in [0.15, 0.2) is 42.7 Å². The average Bonchev–Trinajstić information content (AvgIpc) is 3.00. The lowest BCUT2D eigenvalue weighted by molar-refractivity contribution is 0.0297. The maximum absolute atomic E-state index is 12.5. The first-order valence-electron chi connectivity index (χ1n) is 7.22. The van der Waals surface area contributed by atoms with Gasteiger partial charge in [-0.15, -0.1) is 0 Å². The first kappa shape index (κ1) is 13.8. The normalized spacial score (nSPS) is 22.3. The molecule has 2 heterocycles. The van der Waals surface area contributed by atoms with E-state index >= 15 is 0 Å². The largest absolute Gasteiger partial charge is 0.393 e. The number of hydrogen-bond acceptors (Lipinski definition) is 3. The molecular weight excluding hydrogens is 266 g/mol. The molecule has 21 heavy (non-hydrogen) atoms. The van der Waals surface area contributed by atoms with Crippen LogP contribution in [0.1, 0.15) is 23.7 Å². The summed E-state index contributed by atoms with van der Waals surface area (Å²) in [6, 6.07) is 9.71. The molecule has 0 bridgehead atoms. The van der Waals surface area contributed by atoms with Crippen LogP contribution in [0.3, 0.4) is 0 Å². The highest BCUT2D eigenvalue weighted by atomic mass is 16.3. The summed E-state index contributed by atoms with van der Waals surface area (Å²) in [5.41, 5.74) is 1.52. The summed E-state index contributed by atoms with van der Waals surface area (Å²) in [4.78, 5) is 14.3. The zero-order valence-electron chi connectivity index (χ0n) is 12.0. The lowest BCUT2D eigenvalue weighted by Gasteiger charge is -2.34. The molecule has 2 unspecified atom stereocenters. The van der Waals surface area contributed by atoms with Crippen molar-refractivity contribution in [3.8, 4) is 5.69 Å². The zero-order chi connectivity index (χ0) is 14.8. The number of likely N-dealkylation sites (tertiary alicyclic amines) is 1. The van der Waals surface area contributed by atoms with Gasteiger partial charge in [0.15, 0.2) is 0 Å². The maximum Gasteiger partial charge on any atom is 0.257 e. The Hall–Kier alpha value is -2.14. The van der Waals surface area contributed by atoms with Crippen molar-refractivity contribution in [1.29, 1.82) is 0 Å². The molecule has 1 N–H and O–H groups in total. The monoisotopic (exact) mass is 285 g/mol. The summed E-state index contributed by atoms with van der Waals surface area (Å²) in [6.07, 6.45) is 3.69. The van der Waals surface area contributed by atoms with E-state index in [0.29, 0.717) is 25.1 Å². The van der Waals surface area contributed by atoms with Gasteiger partial charge in [0, 0.05) is 19.3 Å². The van der Waals surface area contributed by atoms with Crippen molar-refractivity contribution in [3.63, 3.8) is 0 Å². The van der Waals surface area contributed by atoms with Crippen LogP contribution >= 0.6 is 0 Å². The number of aliphatic hydroxyl groups is 1. The van der Waals surface area contributed by atoms with E-state index < -0.39 is 0 Å². The molecular formula is C16H19N3O2. The predicted molar refractivity (Wildman–Crippen MR) is 79.3 cm³/mol. The van der Waals surface area contributed by atoms with Gasteiger partial charge in [-0.25, -0.2) is 4.68 Å². The highest BCUT2D eigenvalue weighted by Crippen LogP contribution is 2.19. The third kappa shape index (κ3) is 2.83. The third-order valence-corrected chi connectivity index (χ3v) is 4.00. The molecule has 0 saturated carbocycles.